The lowest BCUT2D eigenvalue weighted by molar-refractivity contribution is -0.176. The monoisotopic (exact) mass is 351 g/mol. The molecule has 0 bridgehead atoms. The van der Waals surface area contributed by atoms with Crippen molar-refractivity contribution in [2.24, 2.45) is 5.92 Å². The number of amides is 1. The molecule has 1 rings (SSSR count). The minimum atomic E-state index is -1.68. The highest BCUT2D eigenvalue weighted by Crippen LogP contribution is 2.16. The summed E-state index contributed by atoms with van der Waals surface area (Å²) in [6, 6.07) is 8.12. The van der Waals surface area contributed by atoms with Crippen LogP contribution < -0.4 is 5.32 Å². The lowest BCUT2D eigenvalue weighted by Crippen LogP contribution is -2.49. The maximum atomic E-state index is 12.3. The Kier molecular flexibility index (Phi) is 7.42. The normalized spacial score (nSPS) is 13.4. The molecule has 25 heavy (non-hydrogen) atoms. The van der Waals surface area contributed by atoms with E-state index < -0.39 is 29.7 Å². The Hall–Kier alpha value is -2.57. The number of carboxylic acids is 1. The number of hydrogen-bond donors (Lipinski definition) is 2. The van der Waals surface area contributed by atoms with Crippen LogP contribution in [0.5, 0.6) is 0 Å². The Balaban J connectivity index is 2.70. The van der Waals surface area contributed by atoms with Crippen LogP contribution in [0.1, 0.15) is 39.7 Å². The fourth-order valence-corrected chi connectivity index (χ4v) is 1.92. The van der Waals surface area contributed by atoms with Gasteiger partial charge in [-0.1, -0.05) is 50.6 Å². The molecule has 0 aliphatic heterocycles. The van der Waals surface area contributed by atoms with E-state index in [1.54, 1.807) is 6.92 Å². The van der Waals surface area contributed by atoms with Crippen LogP contribution in [0.15, 0.2) is 30.3 Å². The summed E-state index contributed by atoms with van der Waals surface area (Å²) in [5.74, 6) is -2.32. The maximum Gasteiger partial charge on any atom is 0.408 e. The molecular weight excluding hydrogens is 326 g/mol. The van der Waals surface area contributed by atoms with E-state index in [9.17, 15) is 14.4 Å². The van der Waals surface area contributed by atoms with Crippen molar-refractivity contribution in [1.29, 1.82) is 0 Å². The molecular formula is C18H25NO6. The largest absolute Gasteiger partial charge is 0.478 e. The standard InChI is InChI=1S/C18H25NO6/c1-5-12(2)14(15(20)25-18(3,4)16(21)22)19-17(23)24-11-13-9-7-6-8-10-13/h6-10,12,14H,5,11H2,1-4H3,(H,19,23)(H,21,22)/t12-,14-/m0/s1. The van der Waals surface area contributed by atoms with Crippen molar-refractivity contribution >= 4 is 18.0 Å². The first-order valence-corrected chi connectivity index (χ1v) is 8.10. The summed E-state index contributed by atoms with van der Waals surface area (Å²) in [5, 5.41) is 11.5. The van der Waals surface area contributed by atoms with E-state index in [4.69, 9.17) is 14.6 Å². The molecule has 1 amide bonds. The van der Waals surface area contributed by atoms with Crippen LogP contribution in [0.2, 0.25) is 0 Å². The number of aliphatic carboxylic acids is 1. The van der Waals surface area contributed by atoms with E-state index in [2.05, 4.69) is 5.32 Å². The van der Waals surface area contributed by atoms with Crippen molar-refractivity contribution in [3.63, 3.8) is 0 Å². The van der Waals surface area contributed by atoms with Crippen LogP contribution in [0.3, 0.4) is 0 Å². The topological polar surface area (TPSA) is 102 Å². The smallest absolute Gasteiger partial charge is 0.408 e. The molecule has 7 nitrogen and oxygen atoms in total. The van der Waals surface area contributed by atoms with E-state index in [-0.39, 0.29) is 12.5 Å². The Morgan fingerprint density at radius 3 is 2.32 bits per heavy atom. The number of rotatable bonds is 8. The molecule has 2 atom stereocenters. The zero-order valence-electron chi connectivity index (χ0n) is 14.9. The first kappa shape index (κ1) is 20.5. The summed E-state index contributed by atoms with van der Waals surface area (Å²) in [4.78, 5) is 35.4. The van der Waals surface area contributed by atoms with Gasteiger partial charge in [0.1, 0.15) is 12.6 Å². The van der Waals surface area contributed by atoms with Gasteiger partial charge in [-0.3, -0.25) is 0 Å². The molecule has 0 aromatic heterocycles. The molecule has 138 valence electrons. The fraction of sp³-hybridized carbons (Fsp3) is 0.500. The quantitative estimate of drug-likeness (QED) is 0.698. The van der Waals surface area contributed by atoms with Crippen molar-refractivity contribution < 1.29 is 29.0 Å². The highest BCUT2D eigenvalue weighted by Gasteiger charge is 2.36. The maximum absolute atomic E-state index is 12.3. The molecule has 0 radical (unpaired) electrons. The van der Waals surface area contributed by atoms with Gasteiger partial charge in [-0.15, -0.1) is 0 Å². The van der Waals surface area contributed by atoms with Gasteiger partial charge in [-0.05, 0) is 25.3 Å². The molecule has 0 saturated heterocycles. The van der Waals surface area contributed by atoms with Crippen molar-refractivity contribution in [2.45, 2.75) is 52.4 Å². The summed E-state index contributed by atoms with van der Waals surface area (Å²) >= 11 is 0. The molecule has 2 N–H and O–H groups in total. The van der Waals surface area contributed by atoms with Gasteiger partial charge in [-0.2, -0.15) is 0 Å². The van der Waals surface area contributed by atoms with Gasteiger partial charge in [0, 0.05) is 0 Å². The second kappa shape index (κ2) is 9.05. The number of ether oxygens (including phenoxy) is 2. The van der Waals surface area contributed by atoms with Crippen LogP contribution in [0, 0.1) is 5.92 Å². The van der Waals surface area contributed by atoms with Gasteiger partial charge in [0.15, 0.2) is 0 Å². The summed E-state index contributed by atoms with van der Waals surface area (Å²) in [6.07, 6.45) is -0.175. The number of nitrogens with one attached hydrogen (secondary N) is 1. The Morgan fingerprint density at radius 2 is 1.80 bits per heavy atom. The zero-order chi connectivity index (χ0) is 19.0. The van der Waals surface area contributed by atoms with Gasteiger partial charge in [-0.25, -0.2) is 14.4 Å². The average Bonchev–Trinajstić information content (AvgIpc) is 2.57. The van der Waals surface area contributed by atoms with Gasteiger partial charge in [0.2, 0.25) is 5.60 Å². The minimum absolute atomic E-state index is 0.0650. The molecule has 0 spiro atoms. The highest BCUT2D eigenvalue weighted by atomic mass is 16.6. The first-order valence-electron chi connectivity index (χ1n) is 8.10. The predicted octanol–water partition coefficient (Wildman–Crippen LogP) is 2.73. The van der Waals surface area contributed by atoms with Gasteiger partial charge in [0.25, 0.3) is 0 Å². The minimum Gasteiger partial charge on any atom is -0.478 e. The van der Waals surface area contributed by atoms with Crippen molar-refractivity contribution in [3.05, 3.63) is 35.9 Å². The number of carbonyl (C=O) groups excluding carboxylic acids is 2. The van der Waals surface area contributed by atoms with Crippen LogP contribution in [0.25, 0.3) is 0 Å². The average molecular weight is 351 g/mol. The van der Waals surface area contributed by atoms with E-state index in [0.29, 0.717) is 6.42 Å². The van der Waals surface area contributed by atoms with Gasteiger partial charge in [0.05, 0.1) is 0 Å². The third-order valence-electron chi connectivity index (χ3n) is 3.82. The van der Waals surface area contributed by atoms with E-state index >= 15 is 0 Å². The van der Waals surface area contributed by atoms with Gasteiger partial charge < -0.3 is 19.9 Å². The zero-order valence-corrected chi connectivity index (χ0v) is 14.9. The highest BCUT2D eigenvalue weighted by molar-refractivity contribution is 5.85. The Morgan fingerprint density at radius 1 is 1.20 bits per heavy atom. The van der Waals surface area contributed by atoms with Gasteiger partial charge >= 0.3 is 18.0 Å². The van der Waals surface area contributed by atoms with E-state index in [1.165, 1.54) is 13.8 Å². The van der Waals surface area contributed by atoms with Crippen molar-refractivity contribution in [3.8, 4) is 0 Å². The molecule has 1 aromatic rings. The lowest BCUT2D eigenvalue weighted by atomic mass is 9.99. The fourth-order valence-electron chi connectivity index (χ4n) is 1.92. The second-order valence-electron chi connectivity index (χ2n) is 6.31. The molecule has 0 aliphatic rings. The Bertz CT molecular complexity index is 599. The number of hydrogen-bond acceptors (Lipinski definition) is 5. The summed E-state index contributed by atoms with van der Waals surface area (Å²) in [7, 11) is 0. The van der Waals surface area contributed by atoms with Crippen molar-refractivity contribution in [1.82, 2.24) is 5.32 Å². The number of carboxylic acid groups (broad SMARTS) is 1. The van der Waals surface area contributed by atoms with E-state index in [1.807, 2.05) is 37.3 Å². The third-order valence-corrected chi connectivity index (χ3v) is 3.82. The molecule has 0 unspecified atom stereocenters. The summed E-state index contributed by atoms with van der Waals surface area (Å²) < 4.78 is 10.1. The summed E-state index contributed by atoms with van der Waals surface area (Å²) in [5.41, 5.74) is -0.870. The van der Waals surface area contributed by atoms with Crippen LogP contribution in [-0.2, 0) is 25.7 Å². The summed E-state index contributed by atoms with van der Waals surface area (Å²) in [6.45, 7) is 6.22. The van der Waals surface area contributed by atoms with Crippen LogP contribution in [0.4, 0.5) is 4.79 Å². The Labute approximate surface area is 147 Å². The van der Waals surface area contributed by atoms with Crippen molar-refractivity contribution in [2.75, 3.05) is 0 Å². The third kappa shape index (κ3) is 6.45. The molecule has 0 heterocycles. The first-order chi connectivity index (χ1) is 11.7. The predicted molar refractivity (Wildman–Crippen MR) is 90.8 cm³/mol. The second-order valence-corrected chi connectivity index (χ2v) is 6.31. The number of benzene rings is 1. The molecule has 0 saturated carbocycles. The number of carbonyl (C=O) groups is 3. The van der Waals surface area contributed by atoms with Crippen LogP contribution >= 0.6 is 0 Å². The number of alkyl carbamates (subject to hydrolysis) is 1. The lowest BCUT2D eigenvalue weighted by Gasteiger charge is -2.27. The van der Waals surface area contributed by atoms with E-state index in [0.717, 1.165) is 5.56 Å². The van der Waals surface area contributed by atoms with Crippen LogP contribution in [-0.4, -0.2) is 34.8 Å². The molecule has 7 heteroatoms. The SMILES string of the molecule is CC[C@H](C)[C@H](NC(=O)OCc1ccccc1)C(=O)OC(C)(C)C(=O)O. The molecule has 0 aliphatic carbocycles. The molecule has 0 fully saturated rings. The molecule has 1 aromatic carbocycles. The number of esters is 1.